The molecule has 0 amide bonds. The van der Waals surface area contributed by atoms with Gasteiger partial charge in [-0.05, 0) is 56.2 Å². The van der Waals surface area contributed by atoms with Gasteiger partial charge in [0.1, 0.15) is 11.8 Å². The zero-order valence-corrected chi connectivity index (χ0v) is 18.3. The Bertz CT molecular complexity index is 859. The Hall–Kier alpha value is -2.29. The lowest BCUT2D eigenvalue weighted by molar-refractivity contribution is -0.693. The predicted octanol–water partition coefficient (Wildman–Crippen LogP) is 5.97. The van der Waals surface area contributed by atoms with Gasteiger partial charge in [0.25, 0.3) is 0 Å². The normalized spacial score (nSPS) is 13.3. The first-order chi connectivity index (χ1) is 14.0. The summed E-state index contributed by atoms with van der Waals surface area (Å²) < 4.78 is 5.81. The molecule has 2 atom stereocenters. The van der Waals surface area contributed by atoms with E-state index in [4.69, 9.17) is 16.3 Å². The van der Waals surface area contributed by atoms with Gasteiger partial charge in [0.05, 0.1) is 12.6 Å². The number of ether oxygens (including phenoxy) is 1. The van der Waals surface area contributed by atoms with Crippen LogP contribution in [-0.4, -0.2) is 12.6 Å². The van der Waals surface area contributed by atoms with Gasteiger partial charge in [-0.25, -0.2) is 0 Å². The number of nitrogens with two attached hydrogens (primary N) is 1. The Morgan fingerprint density at radius 1 is 0.759 bits per heavy atom. The van der Waals surface area contributed by atoms with Crippen molar-refractivity contribution in [2.75, 3.05) is 6.54 Å². The average molecular weight is 409 g/mol. The molecule has 0 heterocycles. The third-order valence-corrected chi connectivity index (χ3v) is 5.48. The minimum atomic E-state index is 0.190. The van der Waals surface area contributed by atoms with E-state index in [-0.39, 0.29) is 6.10 Å². The monoisotopic (exact) mass is 408 g/mol. The lowest BCUT2D eigenvalue weighted by Gasteiger charge is -2.20. The van der Waals surface area contributed by atoms with E-state index in [0.29, 0.717) is 12.0 Å². The lowest BCUT2D eigenvalue weighted by Crippen LogP contribution is -2.84. The number of hydrogen-bond donors (Lipinski definition) is 1. The van der Waals surface area contributed by atoms with Crippen molar-refractivity contribution in [2.24, 2.45) is 0 Å². The standard InChI is InChI=1S/C26H30ClNO/c1-19(2)29-25-15-11-23(12-16-25)26(22-7-5-4-6-8-22)17-18-28-20(3)21-9-13-24(27)14-10-21/h4-16,19-20,26,28H,17-18H2,1-3H3/p+1/t20-,26+/m1/s1. The number of rotatable bonds is 9. The van der Waals surface area contributed by atoms with Gasteiger partial charge in [0.2, 0.25) is 0 Å². The first-order valence-electron chi connectivity index (χ1n) is 10.4. The zero-order chi connectivity index (χ0) is 20.6. The van der Waals surface area contributed by atoms with Gasteiger partial charge in [-0.1, -0.05) is 66.2 Å². The average Bonchev–Trinajstić information content (AvgIpc) is 2.72. The molecule has 0 aliphatic carbocycles. The quantitative estimate of drug-likeness (QED) is 0.463. The molecule has 0 radical (unpaired) electrons. The van der Waals surface area contributed by atoms with E-state index < -0.39 is 0 Å². The molecule has 0 aliphatic heterocycles. The Morgan fingerprint density at radius 2 is 1.34 bits per heavy atom. The third-order valence-electron chi connectivity index (χ3n) is 5.23. The van der Waals surface area contributed by atoms with Crippen LogP contribution in [0.15, 0.2) is 78.9 Å². The largest absolute Gasteiger partial charge is 0.491 e. The van der Waals surface area contributed by atoms with Crippen LogP contribution in [0.2, 0.25) is 5.02 Å². The Kier molecular flexibility index (Phi) is 7.74. The molecule has 3 rings (SSSR count). The van der Waals surface area contributed by atoms with Crippen molar-refractivity contribution in [3.05, 3.63) is 101 Å². The Labute approximate surface area is 179 Å². The number of halogens is 1. The van der Waals surface area contributed by atoms with Crippen LogP contribution in [0.25, 0.3) is 0 Å². The molecule has 0 fully saturated rings. The summed E-state index contributed by atoms with van der Waals surface area (Å²) in [7, 11) is 0. The molecule has 0 spiro atoms. The fraction of sp³-hybridized carbons (Fsp3) is 0.308. The van der Waals surface area contributed by atoms with Crippen LogP contribution in [0, 0.1) is 0 Å². The van der Waals surface area contributed by atoms with Crippen LogP contribution in [0.1, 0.15) is 55.8 Å². The maximum atomic E-state index is 6.02. The highest BCUT2D eigenvalue weighted by Gasteiger charge is 2.16. The SMILES string of the molecule is CC(C)Oc1ccc([C@@H](CC[NH2+][C@H](C)c2ccc(Cl)cc2)c2ccccc2)cc1. The molecule has 2 nitrogen and oxygen atoms in total. The van der Waals surface area contributed by atoms with Crippen molar-refractivity contribution >= 4 is 11.6 Å². The highest BCUT2D eigenvalue weighted by atomic mass is 35.5. The third kappa shape index (κ3) is 6.35. The maximum Gasteiger partial charge on any atom is 0.119 e. The summed E-state index contributed by atoms with van der Waals surface area (Å²) in [6, 6.07) is 27.9. The van der Waals surface area contributed by atoms with Crippen molar-refractivity contribution in [2.45, 2.75) is 45.3 Å². The van der Waals surface area contributed by atoms with Gasteiger partial charge in [-0.2, -0.15) is 0 Å². The molecule has 3 aromatic rings. The molecule has 152 valence electrons. The maximum absolute atomic E-state index is 6.02. The van der Waals surface area contributed by atoms with Crippen LogP contribution in [-0.2, 0) is 0 Å². The van der Waals surface area contributed by atoms with Gasteiger partial charge in [-0.15, -0.1) is 0 Å². The van der Waals surface area contributed by atoms with E-state index in [1.807, 2.05) is 12.1 Å². The smallest absolute Gasteiger partial charge is 0.119 e. The van der Waals surface area contributed by atoms with Crippen molar-refractivity contribution in [1.29, 1.82) is 0 Å². The topological polar surface area (TPSA) is 25.8 Å². The van der Waals surface area contributed by atoms with E-state index in [9.17, 15) is 0 Å². The second-order valence-corrected chi connectivity index (χ2v) is 8.29. The molecule has 0 bridgehead atoms. The van der Waals surface area contributed by atoms with Gasteiger partial charge >= 0.3 is 0 Å². The van der Waals surface area contributed by atoms with Crippen molar-refractivity contribution < 1.29 is 10.1 Å². The minimum absolute atomic E-state index is 0.190. The predicted molar refractivity (Wildman–Crippen MR) is 122 cm³/mol. The minimum Gasteiger partial charge on any atom is -0.491 e. The van der Waals surface area contributed by atoms with E-state index in [1.54, 1.807) is 0 Å². The van der Waals surface area contributed by atoms with Crippen LogP contribution < -0.4 is 10.1 Å². The van der Waals surface area contributed by atoms with E-state index in [1.165, 1.54) is 16.7 Å². The molecular formula is C26H31ClNO+. The fourth-order valence-corrected chi connectivity index (χ4v) is 3.80. The van der Waals surface area contributed by atoms with Crippen molar-refractivity contribution in [3.8, 4) is 5.75 Å². The van der Waals surface area contributed by atoms with E-state index in [0.717, 1.165) is 23.7 Å². The van der Waals surface area contributed by atoms with Gasteiger partial charge in [0.15, 0.2) is 0 Å². The molecule has 0 saturated heterocycles. The summed E-state index contributed by atoms with van der Waals surface area (Å²) in [6.45, 7) is 7.41. The molecule has 2 N–H and O–H groups in total. The van der Waals surface area contributed by atoms with Crippen molar-refractivity contribution in [1.82, 2.24) is 0 Å². The van der Waals surface area contributed by atoms with Gasteiger partial charge < -0.3 is 10.1 Å². The summed E-state index contributed by atoms with van der Waals surface area (Å²) >= 11 is 6.02. The summed E-state index contributed by atoms with van der Waals surface area (Å²) in [5.41, 5.74) is 4.00. The van der Waals surface area contributed by atoms with Gasteiger partial charge in [-0.3, -0.25) is 0 Å². The summed E-state index contributed by atoms with van der Waals surface area (Å²) in [4.78, 5) is 0. The van der Waals surface area contributed by atoms with Crippen molar-refractivity contribution in [3.63, 3.8) is 0 Å². The first-order valence-corrected chi connectivity index (χ1v) is 10.8. The molecule has 0 aromatic heterocycles. The fourth-order valence-electron chi connectivity index (χ4n) is 3.68. The molecule has 3 aromatic carbocycles. The van der Waals surface area contributed by atoms with Crippen LogP contribution in [0.5, 0.6) is 5.75 Å². The number of hydrogen-bond acceptors (Lipinski definition) is 1. The Morgan fingerprint density at radius 3 is 1.97 bits per heavy atom. The summed E-state index contributed by atoms with van der Waals surface area (Å²) in [6.07, 6.45) is 1.27. The van der Waals surface area contributed by atoms with E-state index >= 15 is 0 Å². The van der Waals surface area contributed by atoms with Crippen LogP contribution in [0.4, 0.5) is 0 Å². The zero-order valence-electron chi connectivity index (χ0n) is 17.5. The second-order valence-electron chi connectivity index (χ2n) is 7.85. The number of quaternary nitrogens is 1. The highest BCUT2D eigenvalue weighted by Crippen LogP contribution is 2.29. The van der Waals surface area contributed by atoms with Crippen LogP contribution in [0.3, 0.4) is 0 Å². The van der Waals surface area contributed by atoms with Crippen LogP contribution >= 0.6 is 11.6 Å². The van der Waals surface area contributed by atoms with Gasteiger partial charge in [0, 0.05) is 22.9 Å². The Balaban J connectivity index is 1.68. The summed E-state index contributed by atoms with van der Waals surface area (Å²) in [5.74, 6) is 1.30. The molecule has 3 heteroatoms. The summed E-state index contributed by atoms with van der Waals surface area (Å²) in [5, 5.41) is 3.20. The lowest BCUT2D eigenvalue weighted by atomic mass is 9.88. The first kappa shape index (κ1) is 21.4. The second kappa shape index (κ2) is 10.5. The number of benzene rings is 3. The molecule has 0 aliphatic rings. The molecule has 0 saturated carbocycles. The molecule has 29 heavy (non-hydrogen) atoms. The molecular weight excluding hydrogens is 378 g/mol. The molecule has 0 unspecified atom stereocenters. The van der Waals surface area contributed by atoms with E-state index in [2.05, 4.69) is 92.8 Å². The highest BCUT2D eigenvalue weighted by molar-refractivity contribution is 6.30.